The van der Waals surface area contributed by atoms with E-state index in [1.807, 2.05) is 0 Å². The molecule has 0 rings (SSSR count). The van der Waals surface area contributed by atoms with E-state index in [2.05, 4.69) is 10.6 Å². The summed E-state index contributed by atoms with van der Waals surface area (Å²) in [6.07, 6.45) is -1.35. The number of hydrogen-bond acceptors (Lipinski definition) is 7. The number of aliphatic carboxylic acids is 1. The molecule has 0 fully saturated rings. The van der Waals surface area contributed by atoms with Crippen LogP contribution in [0.5, 0.6) is 0 Å². The summed E-state index contributed by atoms with van der Waals surface area (Å²) >= 11 is 0. The van der Waals surface area contributed by atoms with Gasteiger partial charge in [0.05, 0.1) is 7.11 Å². The van der Waals surface area contributed by atoms with Crippen LogP contribution in [0.1, 0.15) is 55.4 Å². The third-order valence-corrected chi connectivity index (χ3v) is 2.79. The van der Waals surface area contributed by atoms with Gasteiger partial charge in [-0.25, -0.2) is 14.7 Å². The van der Waals surface area contributed by atoms with Gasteiger partial charge >= 0.3 is 18.2 Å². The summed E-state index contributed by atoms with van der Waals surface area (Å²) in [5.41, 5.74) is -1.19. The third-order valence-electron chi connectivity index (χ3n) is 2.79. The Bertz CT molecular complexity index is 566. The Morgan fingerprint density at radius 1 is 0.828 bits per heavy atom. The Hall–Kier alpha value is -2.56. The molecule has 0 aromatic carbocycles. The molecule has 170 valence electrons. The Morgan fingerprint density at radius 3 is 1.45 bits per heavy atom. The van der Waals surface area contributed by atoms with Crippen molar-refractivity contribution in [3.8, 4) is 0 Å². The molecule has 2 atom stereocenters. The van der Waals surface area contributed by atoms with Gasteiger partial charge in [-0.2, -0.15) is 0 Å². The van der Waals surface area contributed by atoms with E-state index in [0.717, 1.165) is 5.06 Å². The zero-order chi connectivity index (χ0) is 23.6. The highest BCUT2D eigenvalue weighted by atomic mass is 16.7. The molecule has 3 N–H and O–H groups in total. The standard InChI is InChI=1S/C10H20N2O4.C8H15NO4/c1-7(8(13)12(5)15-6)11-9(14)16-10(2,3)4;1-5(6(10)11)9-7(12)13-8(2,3)4/h7H,1-6H3,(H,11,14);5H,1-4H3,(H,9,12)(H,10,11)/t7-;5-/m11/s1. The minimum Gasteiger partial charge on any atom is -0.480 e. The predicted molar refractivity (Wildman–Crippen MR) is 105 cm³/mol. The van der Waals surface area contributed by atoms with Gasteiger partial charge in [-0.15, -0.1) is 0 Å². The van der Waals surface area contributed by atoms with E-state index < -0.39 is 41.4 Å². The molecular weight excluding hydrogens is 386 g/mol. The first-order valence-electron chi connectivity index (χ1n) is 8.93. The van der Waals surface area contributed by atoms with Crippen LogP contribution < -0.4 is 10.6 Å². The topological polar surface area (TPSA) is 144 Å². The summed E-state index contributed by atoms with van der Waals surface area (Å²) in [5.74, 6) is -1.45. The number of carboxylic acid groups (broad SMARTS) is 1. The van der Waals surface area contributed by atoms with Crippen LogP contribution in [0.3, 0.4) is 0 Å². The van der Waals surface area contributed by atoms with Crippen LogP contribution in [0.4, 0.5) is 9.59 Å². The van der Waals surface area contributed by atoms with Crippen LogP contribution in [0.15, 0.2) is 0 Å². The van der Waals surface area contributed by atoms with Crippen molar-refractivity contribution in [2.75, 3.05) is 14.2 Å². The molecule has 11 nitrogen and oxygen atoms in total. The summed E-state index contributed by atoms with van der Waals surface area (Å²) in [5, 5.41) is 14.1. The molecule has 0 spiro atoms. The number of nitrogens with one attached hydrogen (secondary N) is 2. The van der Waals surface area contributed by atoms with E-state index in [1.165, 1.54) is 21.1 Å². The molecule has 0 aromatic rings. The minimum atomic E-state index is -1.09. The number of carboxylic acids is 1. The first-order valence-corrected chi connectivity index (χ1v) is 8.93. The number of rotatable bonds is 5. The van der Waals surface area contributed by atoms with Gasteiger partial charge in [0.25, 0.3) is 5.91 Å². The molecule has 0 bridgehead atoms. The van der Waals surface area contributed by atoms with Crippen LogP contribution in [0, 0.1) is 0 Å². The maximum atomic E-state index is 11.5. The molecule has 0 aliphatic rings. The van der Waals surface area contributed by atoms with E-state index in [-0.39, 0.29) is 5.91 Å². The average Bonchev–Trinajstić information content (AvgIpc) is 2.49. The van der Waals surface area contributed by atoms with Gasteiger partial charge in [0.1, 0.15) is 23.3 Å². The molecule has 0 aliphatic carbocycles. The van der Waals surface area contributed by atoms with Gasteiger partial charge < -0.3 is 25.2 Å². The normalized spacial score (nSPS) is 13.0. The largest absolute Gasteiger partial charge is 0.480 e. The van der Waals surface area contributed by atoms with Gasteiger partial charge in [0, 0.05) is 7.05 Å². The monoisotopic (exact) mass is 421 g/mol. The molecule has 0 radical (unpaired) electrons. The maximum Gasteiger partial charge on any atom is 0.408 e. The second kappa shape index (κ2) is 12.1. The summed E-state index contributed by atoms with van der Waals surface area (Å²) in [6.45, 7) is 13.3. The molecular formula is C18H35N3O8. The van der Waals surface area contributed by atoms with Crippen LogP contribution >= 0.6 is 0 Å². The number of likely N-dealkylation sites (N-methyl/N-ethyl adjacent to an activating group) is 1. The summed E-state index contributed by atoms with van der Waals surface area (Å²) in [7, 11) is 2.84. The van der Waals surface area contributed by atoms with Gasteiger partial charge in [-0.05, 0) is 55.4 Å². The number of carbonyl (C=O) groups excluding carboxylic acids is 3. The number of ether oxygens (including phenoxy) is 2. The number of hydroxylamine groups is 2. The quantitative estimate of drug-likeness (QED) is 0.571. The van der Waals surface area contributed by atoms with E-state index in [1.54, 1.807) is 48.5 Å². The van der Waals surface area contributed by atoms with E-state index in [0.29, 0.717) is 0 Å². The molecule has 0 aliphatic heterocycles. The second-order valence-electron chi connectivity index (χ2n) is 8.09. The van der Waals surface area contributed by atoms with Crippen molar-refractivity contribution >= 4 is 24.1 Å². The van der Waals surface area contributed by atoms with Crippen LogP contribution in [0.2, 0.25) is 0 Å². The van der Waals surface area contributed by atoms with E-state index >= 15 is 0 Å². The zero-order valence-corrected chi connectivity index (χ0v) is 18.9. The third kappa shape index (κ3) is 16.1. The minimum absolute atomic E-state index is 0.353. The maximum absolute atomic E-state index is 11.5. The molecule has 0 saturated heterocycles. The van der Waals surface area contributed by atoms with Crippen molar-refractivity contribution in [2.45, 2.75) is 78.7 Å². The number of alkyl carbamates (subject to hydrolysis) is 2. The SMILES string of the molecule is CON(C)C(=O)[C@@H](C)NC(=O)OC(C)(C)C.C[C@@H](NC(=O)OC(C)(C)C)C(=O)O. The number of amides is 3. The average molecular weight is 421 g/mol. The fourth-order valence-electron chi connectivity index (χ4n) is 1.45. The Labute approximate surface area is 172 Å². The van der Waals surface area contributed by atoms with E-state index in [4.69, 9.17) is 19.4 Å². The fourth-order valence-corrected chi connectivity index (χ4v) is 1.45. The smallest absolute Gasteiger partial charge is 0.408 e. The molecule has 11 heteroatoms. The lowest BCUT2D eigenvalue weighted by Gasteiger charge is -2.23. The van der Waals surface area contributed by atoms with Crippen molar-refractivity contribution < 1.29 is 38.6 Å². The lowest BCUT2D eigenvalue weighted by Crippen LogP contribution is -2.46. The highest BCUT2D eigenvalue weighted by Crippen LogP contribution is 2.07. The number of hydrogen-bond donors (Lipinski definition) is 3. The van der Waals surface area contributed by atoms with E-state index in [9.17, 15) is 19.2 Å². The highest BCUT2D eigenvalue weighted by molar-refractivity contribution is 5.84. The van der Waals surface area contributed by atoms with Crippen molar-refractivity contribution in [1.82, 2.24) is 15.7 Å². The summed E-state index contributed by atoms with van der Waals surface area (Å²) in [6, 6.07) is -1.63. The van der Waals surface area contributed by atoms with Crippen molar-refractivity contribution in [1.29, 1.82) is 0 Å². The first kappa shape index (κ1) is 28.6. The van der Waals surface area contributed by atoms with Crippen molar-refractivity contribution in [2.24, 2.45) is 0 Å². The lowest BCUT2D eigenvalue weighted by atomic mass is 10.2. The fraction of sp³-hybridized carbons (Fsp3) is 0.778. The molecule has 0 unspecified atom stereocenters. The van der Waals surface area contributed by atoms with Gasteiger partial charge in [-0.3, -0.25) is 14.4 Å². The highest BCUT2D eigenvalue weighted by Gasteiger charge is 2.23. The number of carbonyl (C=O) groups is 4. The van der Waals surface area contributed by atoms with Gasteiger partial charge in [-0.1, -0.05) is 0 Å². The van der Waals surface area contributed by atoms with Crippen LogP contribution in [0.25, 0.3) is 0 Å². The van der Waals surface area contributed by atoms with Crippen molar-refractivity contribution in [3.63, 3.8) is 0 Å². The van der Waals surface area contributed by atoms with Gasteiger partial charge in [0.2, 0.25) is 0 Å². The van der Waals surface area contributed by atoms with Crippen molar-refractivity contribution in [3.05, 3.63) is 0 Å². The lowest BCUT2D eigenvalue weighted by molar-refractivity contribution is -0.170. The Kier molecular flexibility index (Phi) is 12.0. The Morgan fingerprint density at radius 2 is 1.17 bits per heavy atom. The second-order valence-corrected chi connectivity index (χ2v) is 8.09. The van der Waals surface area contributed by atoms with Crippen LogP contribution in [-0.4, -0.2) is 71.7 Å². The van der Waals surface area contributed by atoms with Crippen LogP contribution in [-0.2, 0) is 23.9 Å². The molecule has 29 heavy (non-hydrogen) atoms. The Balaban J connectivity index is 0. The molecule has 0 aromatic heterocycles. The molecule has 3 amide bonds. The van der Waals surface area contributed by atoms with Gasteiger partial charge in [0.15, 0.2) is 0 Å². The summed E-state index contributed by atoms with van der Waals surface area (Å²) in [4.78, 5) is 48.9. The molecule has 0 heterocycles. The first-order chi connectivity index (χ1) is 12.9. The zero-order valence-electron chi connectivity index (χ0n) is 18.9. The predicted octanol–water partition coefficient (Wildman–Crippen LogP) is 1.90. The summed E-state index contributed by atoms with van der Waals surface area (Å²) < 4.78 is 9.86. The number of nitrogens with zero attached hydrogens (tertiary/aromatic N) is 1. The molecule has 0 saturated carbocycles.